The van der Waals surface area contributed by atoms with Gasteiger partial charge in [0.2, 0.25) is 0 Å². The molecule has 0 aliphatic rings. The van der Waals surface area contributed by atoms with Gasteiger partial charge in [-0.2, -0.15) is 8.42 Å². The van der Waals surface area contributed by atoms with Gasteiger partial charge in [0.15, 0.2) is 0 Å². The van der Waals surface area contributed by atoms with Crippen molar-refractivity contribution in [3.05, 3.63) is 45.0 Å². The molecule has 0 bridgehead atoms. The van der Waals surface area contributed by atoms with Crippen LogP contribution >= 0.6 is 0 Å². The van der Waals surface area contributed by atoms with E-state index in [1.807, 2.05) is 26.8 Å². The first kappa shape index (κ1) is 18.6. The minimum Gasteiger partial charge on any atom is -0.461 e. The first-order valence-corrected chi connectivity index (χ1v) is 9.87. The predicted molar refractivity (Wildman–Crippen MR) is 96.9 cm³/mol. The Balaban J connectivity index is 1.94. The second kappa shape index (κ2) is 6.86. The first-order valence-electron chi connectivity index (χ1n) is 8.05. The lowest BCUT2D eigenvalue weighted by atomic mass is 10.0. The van der Waals surface area contributed by atoms with E-state index in [0.29, 0.717) is 16.9 Å². The van der Waals surface area contributed by atoms with Crippen molar-refractivity contribution in [3.63, 3.8) is 0 Å². The molecule has 0 saturated heterocycles. The van der Waals surface area contributed by atoms with Crippen molar-refractivity contribution < 1.29 is 26.2 Å². The van der Waals surface area contributed by atoms with E-state index in [4.69, 9.17) is 13.6 Å². The molecule has 0 spiro atoms. The highest BCUT2D eigenvalue weighted by Gasteiger charge is 2.18. The van der Waals surface area contributed by atoms with Gasteiger partial charge in [-0.1, -0.05) is 0 Å². The van der Waals surface area contributed by atoms with E-state index < -0.39 is 15.7 Å². The van der Waals surface area contributed by atoms with Gasteiger partial charge in [0.1, 0.15) is 16.9 Å². The van der Waals surface area contributed by atoms with Gasteiger partial charge in [0.25, 0.3) is 10.1 Å². The van der Waals surface area contributed by atoms with Gasteiger partial charge in [0, 0.05) is 28.0 Å². The SMILES string of the molecule is Cc1oc2c(C)c3oc(=O)cc(C)c3cc2c1COCCOS(C)(=O)=O. The molecule has 140 valence electrons. The molecule has 3 aromatic rings. The third-order valence-electron chi connectivity index (χ3n) is 4.20. The maximum Gasteiger partial charge on any atom is 0.336 e. The number of ether oxygens (including phenoxy) is 1. The summed E-state index contributed by atoms with van der Waals surface area (Å²) in [5, 5.41) is 1.73. The van der Waals surface area contributed by atoms with Crippen LogP contribution < -0.4 is 5.63 Å². The Kier molecular flexibility index (Phi) is 4.92. The van der Waals surface area contributed by atoms with E-state index in [1.54, 1.807) is 0 Å². The molecule has 0 fully saturated rings. The van der Waals surface area contributed by atoms with Gasteiger partial charge in [-0.3, -0.25) is 4.18 Å². The number of rotatable bonds is 6. The number of hydrogen-bond donors (Lipinski definition) is 0. The standard InChI is InChI=1S/C18H20O7S/c1-10-7-16(19)25-17-11(2)18-14(8-13(10)17)15(12(3)24-18)9-22-5-6-23-26(4,20)21/h7-8H,5-6,9H2,1-4H3. The summed E-state index contributed by atoms with van der Waals surface area (Å²) in [5.74, 6) is 0.697. The Morgan fingerprint density at radius 3 is 2.38 bits per heavy atom. The topological polar surface area (TPSA) is 95.9 Å². The van der Waals surface area contributed by atoms with Gasteiger partial charge < -0.3 is 13.6 Å². The Hall–Kier alpha value is -2.16. The number of furan rings is 1. The highest BCUT2D eigenvalue weighted by molar-refractivity contribution is 7.85. The van der Waals surface area contributed by atoms with Crippen LogP contribution in [-0.4, -0.2) is 27.9 Å². The molecule has 26 heavy (non-hydrogen) atoms. The summed E-state index contributed by atoms with van der Waals surface area (Å²) in [6.45, 7) is 5.89. The number of fused-ring (bicyclic) bond motifs is 2. The molecule has 0 atom stereocenters. The monoisotopic (exact) mass is 380 g/mol. The maximum atomic E-state index is 11.7. The highest BCUT2D eigenvalue weighted by Crippen LogP contribution is 2.34. The Bertz CT molecular complexity index is 1140. The van der Waals surface area contributed by atoms with E-state index >= 15 is 0 Å². The normalized spacial score (nSPS) is 12.3. The molecular formula is C18H20O7S. The second-order valence-corrected chi connectivity index (χ2v) is 7.86. The molecule has 8 heteroatoms. The van der Waals surface area contributed by atoms with Crippen molar-refractivity contribution in [2.24, 2.45) is 0 Å². The van der Waals surface area contributed by atoms with E-state index in [0.717, 1.165) is 33.7 Å². The average Bonchev–Trinajstić information content (AvgIpc) is 2.84. The summed E-state index contributed by atoms with van der Waals surface area (Å²) in [4.78, 5) is 11.7. The Morgan fingerprint density at radius 1 is 1.00 bits per heavy atom. The van der Waals surface area contributed by atoms with Crippen molar-refractivity contribution >= 4 is 32.1 Å². The van der Waals surface area contributed by atoms with Gasteiger partial charge in [-0.05, 0) is 32.4 Å². The zero-order valence-corrected chi connectivity index (χ0v) is 15.9. The smallest absolute Gasteiger partial charge is 0.336 e. The Morgan fingerprint density at radius 2 is 1.69 bits per heavy atom. The third-order valence-corrected chi connectivity index (χ3v) is 4.79. The summed E-state index contributed by atoms with van der Waals surface area (Å²) < 4.78 is 43.3. The molecule has 0 saturated carbocycles. The fourth-order valence-electron chi connectivity index (χ4n) is 2.95. The number of aryl methyl sites for hydroxylation is 3. The summed E-state index contributed by atoms with van der Waals surface area (Å²) in [7, 11) is -3.47. The van der Waals surface area contributed by atoms with Gasteiger partial charge in [0.05, 0.1) is 26.1 Å². The first-order chi connectivity index (χ1) is 12.2. The molecule has 7 nitrogen and oxygen atoms in total. The molecule has 0 aliphatic carbocycles. The molecule has 3 rings (SSSR count). The van der Waals surface area contributed by atoms with Crippen LogP contribution in [0.15, 0.2) is 25.8 Å². The van der Waals surface area contributed by atoms with Crippen LogP contribution in [0.1, 0.15) is 22.5 Å². The fourth-order valence-corrected chi connectivity index (χ4v) is 3.32. The summed E-state index contributed by atoms with van der Waals surface area (Å²) >= 11 is 0. The third kappa shape index (κ3) is 3.67. The molecule has 1 aromatic carbocycles. The summed E-state index contributed by atoms with van der Waals surface area (Å²) in [6.07, 6.45) is 0.995. The molecule has 0 N–H and O–H groups in total. The zero-order valence-electron chi connectivity index (χ0n) is 15.0. The lowest BCUT2D eigenvalue weighted by molar-refractivity contribution is 0.0909. The molecule has 0 aliphatic heterocycles. The largest absolute Gasteiger partial charge is 0.461 e. The minimum absolute atomic E-state index is 0.0418. The number of benzene rings is 1. The Labute approximate surface area is 150 Å². The lowest BCUT2D eigenvalue weighted by Gasteiger charge is -2.06. The van der Waals surface area contributed by atoms with Crippen LogP contribution in [0.25, 0.3) is 21.9 Å². The molecule has 2 heterocycles. The van der Waals surface area contributed by atoms with Crippen molar-refractivity contribution in [2.45, 2.75) is 27.4 Å². The summed E-state index contributed by atoms with van der Waals surface area (Å²) in [5.41, 5.74) is 3.23. The van der Waals surface area contributed by atoms with Crippen LogP contribution in [0.5, 0.6) is 0 Å². The van der Waals surface area contributed by atoms with Gasteiger partial charge >= 0.3 is 5.63 Å². The van der Waals surface area contributed by atoms with E-state index in [-0.39, 0.29) is 19.8 Å². The minimum atomic E-state index is -3.47. The van der Waals surface area contributed by atoms with Crippen molar-refractivity contribution in [3.8, 4) is 0 Å². The maximum absolute atomic E-state index is 11.7. The zero-order chi connectivity index (χ0) is 19.1. The van der Waals surface area contributed by atoms with Gasteiger partial charge in [-0.25, -0.2) is 4.79 Å². The van der Waals surface area contributed by atoms with Crippen molar-refractivity contribution in [2.75, 3.05) is 19.5 Å². The van der Waals surface area contributed by atoms with Crippen LogP contribution in [0.4, 0.5) is 0 Å². The van der Waals surface area contributed by atoms with E-state index in [2.05, 4.69) is 4.18 Å². The highest BCUT2D eigenvalue weighted by atomic mass is 32.2. The predicted octanol–water partition coefficient (Wildman–Crippen LogP) is 2.96. The van der Waals surface area contributed by atoms with Crippen molar-refractivity contribution in [1.82, 2.24) is 0 Å². The molecule has 2 aromatic heterocycles. The molecule has 0 radical (unpaired) electrons. The number of hydrogen-bond acceptors (Lipinski definition) is 7. The second-order valence-electron chi connectivity index (χ2n) is 6.22. The van der Waals surface area contributed by atoms with Gasteiger partial charge in [-0.15, -0.1) is 0 Å². The van der Waals surface area contributed by atoms with E-state index in [1.165, 1.54) is 6.07 Å². The average molecular weight is 380 g/mol. The van der Waals surface area contributed by atoms with Crippen LogP contribution in [0.3, 0.4) is 0 Å². The van der Waals surface area contributed by atoms with Crippen LogP contribution in [0, 0.1) is 20.8 Å². The van der Waals surface area contributed by atoms with Crippen LogP contribution in [0.2, 0.25) is 0 Å². The molecular weight excluding hydrogens is 360 g/mol. The van der Waals surface area contributed by atoms with Crippen molar-refractivity contribution in [1.29, 1.82) is 0 Å². The molecule has 0 unspecified atom stereocenters. The summed E-state index contributed by atoms with van der Waals surface area (Å²) in [6, 6.07) is 3.39. The quantitative estimate of drug-likeness (QED) is 0.368. The molecule has 0 amide bonds. The van der Waals surface area contributed by atoms with E-state index in [9.17, 15) is 13.2 Å². The lowest BCUT2D eigenvalue weighted by Crippen LogP contribution is -2.09. The van der Waals surface area contributed by atoms with Crippen LogP contribution in [-0.2, 0) is 25.6 Å². The fraction of sp³-hybridized carbons (Fsp3) is 0.389.